The summed E-state index contributed by atoms with van der Waals surface area (Å²) in [5.41, 5.74) is 5.86. The lowest BCUT2D eigenvalue weighted by Crippen LogP contribution is -2.51. The smallest absolute Gasteiger partial charge is 0.328 e. The quantitative estimate of drug-likeness (QED) is 0.663. The van der Waals surface area contributed by atoms with E-state index in [9.17, 15) is 14.4 Å². The van der Waals surface area contributed by atoms with Crippen LogP contribution >= 0.6 is 0 Å². The summed E-state index contributed by atoms with van der Waals surface area (Å²) < 4.78 is 5.02. The lowest BCUT2D eigenvalue weighted by molar-refractivity contribution is -0.154. The van der Waals surface area contributed by atoms with Crippen molar-refractivity contribution in [3.05, 3.63) is 0 Å². The standard InChI is InChI=1S/C13H21N3O4/c1-3-20-13(19)11-5-4-9-6-15(8(2)17)7-10(14)12(18)16(9)11/h9-11H,3-7,14H2,1-2H3. The summed E-state index contributed by atoms with van der Waals surface area (Å²) in [7, 11) is 0. The zero-order valence-electron chi connectivity index (χ0n) is 11.9. The van der Waals surface area contributed by atoms with Crippen molar-refractivity contribution in [2.24, 2.45) is 5.73 Å². The molecule has 0 saturated carbocycles. The van der Waals surface area contributed by atoms with Crippen molar-refractivity contribution >= 4 is 17.8 Å². The van der Waals surface area contributed by atoms with Gasteiger partial charge in [0.05, 0.1) is 12.6 Å². The van der Waals surface area contributed by atoms with E-state index < -0.39 is 12.1 Å². The summed E-state index contributed by atoms with van der Waals surface area (Å²) in [4.78, 5) is 39.0. The zero-order chi connectivity index (χ0) is 14.9. The highest BCUT2D eigenvalue weighted by Crippen LogP contribution is 2.28. The lowest BCUT2D eigenvalue weighted by atomic mass is 10.1. The highest BCUT2D eigenvalue weighted by Gasteiger charge is 2.46. The molecule has 7 heteroatoms. The Labute approximate surface area is 118 Å². The molecule has 0 aromatic rings. The summed E-state index contributed by atoms with van der Waals surface area (Å²) in [5, 5.41) is 0. The van der Waals surface area contributed by atoms with Crippen LogP contribution in [0.2, 0.25) is 0 Å². The molecule has 3 unspecified atom stereocenters. The van der Waals surface area contributed by atoms with Crippen molar-refractivity contribution in [3.8, 4) is 0 Å². The predicted octanol–water partition coefficient (Wildman–Crippen LogP) is -0.901. The number of carbonyl (C=O) groups excluding carboxylic acids is 3. The van der Waals surface area contributed by atoms with Gasteiger partial charge in [0.15, 0.2) is 0 Å². The van der Waals surface area contributed by atoms with E-state index in [0.717, 1.165) is 0 Å². The molecule has 3 atom stereocenters. The van der Waals surface area contributed by atoms with Gasteiger partial charge in [-0.1, -0.05) is 0 Å². The molecule has 2 heterocycles. The Morgan fingerprint density at radius 1 is 1.35 bits per heavy atom. The van der Waals surface area contributed by atoms with Crippen LogP contribution in [0.3, 0.4) is 0 Å². The topological polar surface area (TPSA) is 92.9 Å². The zero-order valence-corrected chi connectivity index (χ0v) is 11.9. The van der Waals surface area contributed by atoms with Gasteiger partial charge in [-0.25, -0.2) is 4.79 Å². The second kappa shape index (κ2) is 5.78. The molecule has 2 saturated heterocycles. The summed E-state index contributed by atoms with van der Waals surface area (Å²) >= 11 is 0. The largest absolute Gasteiger partial charge is 0.464 e. The first-order valence-electron chi connectivity index (χ1n) is 6.95. The molecule has 2 aliphatic rings. The molecule has 2 rings (SSSR count). The van der Waals surface area contributed by atoms with Crippen LogP contribution in [0.1, 0.15) is 26.7 Å². The van der Waals surface area contributed by atoms with Gasteiger partial charge in [-0.2, -0.15) is 0 Å². The number of hydrogen-bond donors (Lipinski definition) is 1. The van der Waals surface area contributed by atoms with Crippen LogP contribution in [-0.4, -0.2) is 65.4 Å². The number of nitrogens with zero attached hydrogens (tertiary/aromatic N) is 2. The van der Waals surface area contributed by atoms with Crippen LogP contribution in [0.5, 0.6) is 0 Å². The number of nitrogens with two attached hydrogens (primary N) is 1. The Balaban J connectivity index is 2.21. The Kier molecular flexibility index (Phi) is 4.27. The van der Waals surface area contributed by atoms with Gasteiger partial charge in [0.25, 0.3) is 0 Å². The van der Waals surface area contributed by atoms with Crippen LogP contribution in [0.15, 0.2) is 0 Å². The molecule has 20 heavy (non-hydrogen) atoms. The third-order valence-electron chi connectivity index (χ3n) is 3.93. The summed E-state index contributed by atoms with van der Waals surface area (Å²) in [5.74, 6) is -0.754. The molecule has 2 N–H and O–H groups in total. The SMILES string of the molecule is CCOC(=O)C1CCC2CN(C(C)=O)CC(N)C(=O)N21. The molecule has 112 valence electrons. The molecule has 7 nitrogen and oxygen atoms in total. The minimum Gasteiger partial charge on any atom is -0.464 e. The van der Waals surface area contributed by atoms with Crippen molar-refractivity contribution in [1.29, 1.82) is 0 Å². The number of esters is 1. The Hall–Kier alpha value is -1.63. The van der Waals surface area contributed by atoms with Gasteiger partial charge in [-0.05, 0) is 19.8 Å². The van der Waals surface area contributed by atoms with Gasteiger partial charge in [-0.3, -0.25) is 9.59 Å². The molecule has 2 fully saturated rings. The first-order chi connectivity index (χ1) is 9.45. The minimum absolute atomic E-state index is 0.102. The van der Waals surface area contributed by atoms with E-state index in [1.54, 1.807) is 11.8 Å². The molecule has 0 radical (unpaired) electrons. The highest BCUT2D eigenvalue weighted by atomic mass is 16.5. The van der Waals surface area contributed by atoms with Crippen molar-refractivity contribution < 1.29 is 19.1 Å². The van der Waals surface area contributed by atoms with Crippen molar-refractivity contribution in [3.63, 3.8) is 0 Å². The fraction of sp³-hybridized carbons (Fsp3) is 0.769. The van der Waals surface area contributed by atoms with Gasteiger partial charge in [-0.15, -0.1) is 0 Å². The molecule has 2 amide bonds. The second-order valence-corrected chi connectivity index (χ2v) is 5.28. The molecule has 0 aliphatic carbocycles. The first kappa shape index (κ1) is 14.8. The highest BCUT2D eigenvalue weighted by molar-refractivity contribution is 5.89. The van der Waals surface area contributed by atoms with E-state index in [0.29, 0.717) is 19.4 Å². The number of fused-ring (bicyclic) bond motifs is 1. The van der Waals surface area contributed by atoms with Crippen LogP contribution in [-0.2, 0) is 19.1 Å². The average molecular weight is 283 g/mol. The second-order valence-electron chi connectivity index (χ2n) is 5.28. The van der Waals surface area contributed by atoms with E-state index in [1.165, 1.54) is 11.8 Å². The van der Waals surface area contributed by atoms with Gasteiger partial charge in [0, 0.05) is 20.0 Å². The number of ether oxygens (including phenoxy) is 1. The maximum absolute atomic E-state index is 12.4. The maximum atomic E-state index is 12.4. The number of carbonyl (C=O) groups is 3. The summed E-state index contributed by atoms with van der Waals surface area (Å²) in [6.45, 7) is 4.12. The molecule has 0 aromatic heterocycles. The van der Waals surface area contributed by atoms with Crippen LogP contribution in [0.4, 0.5) is 0 Å². The molecule has 2 aliphatic heterocycles. The Morgan fingerprint density at radius 2 is 2.05 bits per heavy atom. The minimum atomic E-state index is -0.779. The molecular formula is C13H21N3O4. The van der Waals surface area contributed by atoms with Crippen molar-refractivity contribution in [2.75, 3.05) is 19.7 Å². The van der Waals surface area contributed by atoms with Gasteiger partial charge in [0.1, 0.15) is 12.1 Å². The summed E-state index contributed by atoms with van der Waals surface area (Å²) in [6, 6.07) is -1.49. The molecular weight excluding hydrogens is 262 g/mol. The molecule has 0 bridgehead atoms. The van der Waals surface area contributed by atoms with Gasteiger partial charge in [0.2, 0.25) is 11.8 Å². The van der Waals surface area contributed by atoms with Crippen LogP contribution < -0.4 is 5.73 Å². The number of amides is 2. The third-order valence-corrected chi connectivity index (χ3v) is 3.93. The van der Waals surface area contributed by atoms with E-state index in [-0.39, 0.29) is 37.0 Å². The van der Waals surface area contributed by atoms with E-state index in [4.69, 9.17) is 10.5 Å². The van der Waals surface area contributed by atoms with Gasteiger partial charge >= 0.3 is 5.97 Å². The van der Waals surface area contributed by atoms with E-state index in [2.05, 4.69) is 0 Å². The lowest BCUT2D eigenvalue weighted by Gasteiger charge is -2.28. The summed E-state index contributed by atoms with van der Waals surface area (Å²) in [6.07, 6.45) is 1.25. The predicted molar refractivity (Wildman–Crippen MR) is 70.5 cm³/mol. The molecule has 0 spiro atoms. The van der Waals surface area contributed by atoms with Crippen molar-refractivity contribution in [2.45, 2.75) is 44.8 Å². The third kappa shape index (κ3) is 2.63. The van der Waals surface area contributed by atoms with Crippen LogP contribution in [0, 0.1) is 0 Å². The van der Waals surface area contributed by atoms with Crippen LogP contribution in [0.25, 0.3) is 0 Å². The number of hydrogen-bond acceptors (Lipinski definition) is 5. The monoisotopic (exact) mass is 283 g/mol. The fourth-order valence-electron chi connectivity index (χ4n) is 2.96. The normalized spacial score (nSPS) is 29.9. The molecule has 0 aromatic carbocycles. The van der Waals surface area contributed by atoms with E-state index in [1.807, 2.05) is 0 Å². The number of rotatable bonds is 2. The van der Waals surface area contributed by atoms with Gasteiger partial charge < -0.3 is 20.3 Å². The Bertz CT molecular complexity index is 426. The Morgan fingerprint density at radius 3 is 2.65 bits per heavy atom. The first-order valence-corrected chi connectivity index (χ1v) is 6.95. The average Bonchev–Trinajstić information content (AvgIpc) is 2.75. The fourth-order valence-corrected chi connectivity index (χ4v) is 2.96. The van der Waals surface area contributed by atoms with E-state index >= 15 is 0 Å². The maximum Gasteiger partial charge on any atom is 0.328 e. The van der Waals surface area contributed by atoms with Crippen molar-refractivity contribution in [1.82, 2.24) is 9.80 Å².